The lowest BCUT2D eigenvalue weighted by Gasteiger charge is -2.25. The Morgan fingerprint density at radius 2 is 1.81 bits per heavy atom. The zero-order valence-electron chi connectivity index (χ0n) is 15.7. The van der Waals surface area contributed by atoms with Crippen LogP contribution in [0.5, 0.6) is 0 Å². The highest BCUT2D eigenvalue weighted by Crippen LogP contribution is 2.45. The lowest BCUT2D eigenvalue weighted by Crippen LogP contribution is -2.31. The Labute approximate surface area is 160 Å². The van der Waals surface area contributed by atoms with E-state index < -0.39 is 15.7 Å². The van der Waals surface area contributed by atoms with Crippen LogP contribution in [0.25, 0.3) is 0 Å². The van der Waals surface area contributed by atoms with Crippen LogP contribution in [-0.2, 0) is 9.84 Å². The van der Waals surface area contributed by atoms with Crippen LogP contribution in [0.2, 0.25) is 0 Å². The van der Waals surface area contributed by atoms with Gasteiger partial charge in [-0.2, -0.15) is 0 Å². The molecule has 0 saturated carbocycles. The van der Waals surface area contributed by atoms with Gasteiger partial charge in [0.05, 0.1) is 9.79 Å². The van der Waals surface area contributed by atoms with Crippen molar-refractivity contribution in [2.24, 2.45) is 0 Å². The van der Waals surface area contributed by atoms with E-state index in [0.717, 1.165) is 49.8 Å². The standard InChI is InChI=1S/C21H25FN2O2S/c1-3-24-11-9-18-19-14-17(7-8-20(19)23(2)21(18)10-12-24)27(25,26)16-6-4-5-15(22)13-16/h4-8,13-14,18,21H,3,9-12H2,1-2H3/t18-,21?/m1/s1. The Kier molecular flexibility index (Phi) is 4.72. The van der Waals surface area contributed by atoms with Crippen molar-refractivity contribution in [2.45, 2.75) is 41.5 Å². The fourth-order valence-electron chi connectivity index (χ4n) is 4.55. The molecule has 1 saturated heterocycles. The summed E-state index contributed by atoms with van der Waals surface area (Å²) in [5.41, 5.74) is 2.23. The average Bonchev–Trinajstić information content (AvgIpc) is 2.82. The second kappa shape index (κ2) is 6.91. The molecule has 0 radical (unpaired) electrons. The molecule has 27 heavy (non-hydrogen) atoms. The number of fused-ring (bicyclic) bond motifs is 3. The molecule has 4 rings (SSSR count). The van der Waals surface area contributed by atoms with E-state index in [4.69, 9.17) is 0 Å². The summed E-state index contributed by atoms with van der Waals surface area (Å²) >= 11 is 0. The van der Waals surface area contributed by atoms with E-state index in [1.807, 2.05) is 12.1 Å². The number of anilines is 1. The summed E-state index contributed by atoms with van der Waals surface area (Å²) in [5, 5.41) is 0. The van der Waals surface area contributed by atoms with Gasteiger partial charge < -0.3 is 9.80 Å². The van der Waals surface area contributed by atoms with Crippen LogP contribution in [-0.4, -0.2) is 46.0 Å². The smallest absolute Gasteiger partial charge is 0.206 e. The van der Waals surface area contributed by atoms with Gasteiger partial charge in [0.2, 0.25) is 9.84 Å². The molecule has 2 aliphatic rings. The van der Waals surface area contributed by atoms with Crippen molar-refractivity contribution >= 4 is 15.5 Å². The quantitative estimate of drug-likeness (QED) is 0.804. The van der Waals surface area contributed by atoms with Gasteiger partial charge in [-0.3, -0.25) is 0 Å². The van der Waals surface area contributed by atoms with Crippen LogP contribution >= 0.6 is 0 Å². The van der Waals surface area contributed by atoms with Gasteiger partial charge in [-0.25, -0.2) is 12.8 Å². The van der Waals surface area contributed by atoms with Crippen molar-refractivity contribution in [1.29, 1.82) is 0 Å². The largest absolute Gasteiger partial charge is 0.371 e. The molecule has 2 atom stereocenters. The minimum Gasteiger partial charge on any atom is -0.371 e. The molecular formula is C21H25FN2O2S. The summed E-state index contributed by atoms with van der Waals surface area (Å²) < 4.78 is 39.6. The number of rotatable bonds is 3. The first-order valence-corrected chi connectivity index (χ1v) is 11.0. The molecule has 144 valence electrons. The summed E-state index contributed by atoms with van der Waals surface area (Å²) in [5.74, 6) is -0.204. The van der Waals surface area contributed by atoms with E-state index in [1.165, 1.54) is 18.2 Å². The Hall–Kier alpha value is -1.92. The molecule has 2 aromatic rings. The highest BCUT2D eigenvalue weighted by atomic mass is 32.2. The molecule has 0 spiro atoms. The molecule has 2 aliphatic heterocycles. The third-order valence-electron chi connectivity index (χ3n) is 6.10. The van der Waals surface area contributed by atoms with Crippen LogP contribution in [0.1, 0.15) is 31.2 Å². The second-order valence-corrected chi connectivity index (χ2v) is 9.43. The fourth-order valence-corrected chi connectivity index (χ4v) is 5.88. The van der Waals surface area contributed by atoms with Crippen LogP contribution in [0, 0.1) is 5.82 Å². The van der Waals surface area contributed by atoms with Crippen LogP contribution in [0.15, 0.2) is 52.3 Å². The first-order chi connectivity index (χ1) is 12.9. The molecular weight excluding hydrogens is 363 g/mol. The molecule has 6 heteroatoms. The van der Waals surface area contributed by atoms with Gasteiger partial charge in [0.1, 0.15) is 5.82 Å². The van der Waals surface area contributed by atoms with E-state index in [-0.39, 0.29) is 9.79 Å². The normalized spacial score (nSPS) is 23.0. The minimum absolute atomic E-state index is 0.00313. The zero-order valence-corrected chi connectivity index (χ0v) is 16.5. The first-order valence-electron chi connectivity index (χ1n) is 9.51. The molecule has 0 aliphatic carbocycles. The molecule has 0 bridgehead atoms. The molecule has 0 N–H and O–H groups in total. The first kappa shape index (κ1) is 18.4. The Morgan fingerprint density at radius 1 is 1.07 bits per heavy atom. The molecule has 2 heterocycles. The Balaban J connectivity index is 1.73. The van der Waals surface area contributed by atoms with Crippen molar-refractivity contribution < 1.29 is 12.8 Å². The van der Waals surface area contributed by atoms with E-state index in [1.54, 1.807) is 6.07 Å². The van der Waals surface area contributed by atoms with E-state index in [9.17, 15) is 12.8 Å². The zero-order chi connectivity index (χ0) is 19.2. The third kappa shape index (κ3) is 3.15. The molecule has 1 unspecified atom stereocenters. The number of sulfone groups is 1. The second-order valence-electron chi connectivity index (χ2n) is 7.48. The highest BCUT2D eigenvalue weighted by molar-refractivity contribution is 7.91. The highest BCUT2D eigenvalue weighted by Gasteiger charge is 2.38. The number of hydrogen-bond donors (Lipinski definition) is 0. The van der Waals surface area contributed by atoms with Gasteiger partial charge in [-0.15, -0.1) is 0 Å². The maximum Gasteiger partial charge on any atom is 0.206 e. The SMILES string of the molecule is CCN1CCC2[C@H](CC1)c1cc(S(=O)(=O)c3cccc(F)c3)ccc1N2C. The Morgan fingerprint density at radius 3 is 2.56 bits per heavy atom. The van der Waals surface area contributed by atoms with Gasteiger partial charge in [0, 0.05) is 31.2 Å². The lowest BCUT2D eigenvalue weighted by atomic mass is 9.91. The maximum atomic E-state index is 13.5. The lowest BCUT2D eigenvalue weighted by molar-refractivity contribution is 0.298. The van der Waals surface area contributed by atoms with Gasteiger partial charge in [-0.1, -0.05) is 13.0 Å². The average molecular weight is 389 g/mol. The van der Waals surface area contributed by atoms with Crippen molar-refractivity contribution in [3.63, 3.8) is 0 Å². The minimum atomic E-state index is -3.73. The predicted octanol–water partition coefficient (Wildman–Crippen LogP) is 3.68. The van der Waals surface area contributed by atoms with Gasteiger partial charge in [0.15, 0.2) is 0 Å². The van der Waals surface area contributed by atoms with Crippen LogP contribution in [0.3, 0.4) is 0 Å². The summed E-state index contributed by atoms with van der Waals surface area (Å²) in [6, 6.07) is 11.0. The number of halogens is 1. The van der Waals surface area contributed by atoms with Crippen molar-refractivity contribution in [3.8, 4) is 0 Å². The Bertz CT molecular complexity index is 960. The van der Waals surface area contributed by atoms with Gasteiger partial charge >= 0.3 is 0 Å². The van der Waals surface area contributed by atoms with Crippen LogP contribution < -0.4 is 4.90 Å². The topological polar surface area (TPSA) is 40.6 Å². The molecule has 0 aromatic heterocycles. The van der Waals surface area contributed by atoms with Crippen molar-refractivity contribution in [3.05, 3.63) is 53.8 Å². The summed E-state index contributed by atoms with van der Waals surface area (Å²) in [7, 11) is -1.63. The number of likely N-dealkylation sites (N-methyl/N-ethyl adjacent to an activating group) is 1. The number of benzene rings is 2. The third-order valence-corrected chi connectivity index (χ3v) is 7.85. The van der Waals surface area contributed by atoms with Crippen molar-refractivity contribution in [2.75, 3.05) is 31.6 Å². The molecule has 0 amide bonds. The van der Waals surface area contributed by atoms with E-state index in [0.29, 0.717) is 12.0 Å². The molecule has 1 fully saturated rings. The van der Waals surface area contributed by atoms with Gasteiger partial charge in [-0.05, 0) is 67.9 Å². The maximum absolute atomic E-state index is 13.5. The number of likely N-dealkylation sites (tertiary alicyclic amines) is 1. The molecule has 2 aromatic carbocycles. The van der Waals surface area contributed by atoms with Gasteiger partial charge in [0.25, 0.3) is 0 Å². The summed E-state index contributed by atoms with van der Waals surface area (Å²) in [4.78, 5) is 5.01. The predicted molar refractivity (Wildman–Crippen MR) is 105 cm³/mol. The summed E-state index contributed by atoms with van der Waals surface area (Å²) in [6.45, 7) is 5.34. The fraction of sp³-hybridized carbons (Fsp3) is 0.429. The number of nitrogens with zero attached hydrogens (tertiary/aromatic N) is 2. The van der Waals surface area contributed by atoms with E-state index in [2.05, 4.69) is 23.8 Å². The van der Waals surface area contributed by atoms with E-state index >= 15 is 0 Å². The number of hydrogen-bond acceptors (Lipinski definition) is 4. The summed E-state index contributed by atoms with van der Waals surface area (Å²) in [6.07, 6.45) is 2.11. The monoisotopic (exact) mass is 388 g/mol. The van der Waals surface area contributed by atoms with Crippen molar-refractivity contribution in [1.82, 2.24) is 4.90 Å². The van der Waals surface area contributed by atoms with Crippen LogP contribution in [0.4, 0.5) is 10.1 Å². The molecule has 4 nitrogen and oxygen atoms in total.